The minimum absolute atomic E-state index is 0.236. The molecule has 0 radical (unpaired) electrons. The summed E-state index contributed by atoms with van der Waals surface area (Å²) in [7, 11) is 0. The van der Waals surface area contributed by atoms with Crippen molar-refractivity contribution in [3.05, 3.63) is 24.0 Å². The number of nitrogens with zero attached hydrogens (tertiary/aromatic N) is 2. The minimum Gasteiger partial charge on any atom is -0.399 e. The van der Waals surface area contributed by atoms with Crippen LogP contribution >= 0.6 is 0 Å². The zero-order valence-corrected chi connectivity index (χ0v) is 11.7. The van der Waals surface area contributed by atoms with Gasteiger partial charge in [0.05, 0.1) is 23.6 Å². The quantitative estimate of drug-likeness (QED) is 0.546. The van der Waals surface area contributed by atoms with E-state index < -0.39 is 0 Å². The molecule has 2 amide bonds. The summed E-state index contributed by atoms with van der Waals surface area (Å²) in [6, 6.07) is 5.21. The normalized spacial score (nSPS) is 20.0. The number of imidazole rings is 1. The third-order valence-electron chi connectivity index (χ3n) is 3.73. The van der Waals surface area contributed by atoms with Crippen molar-refractivity contribution in [3.8, 4) is 0 Å². The SMILES string of the molecule is CC1C(=O)NC(=O)CN1CCc1nc2ccc(N)cc2[nH]1. The largest absolute Gasteiger partial charge is 0.399 e. The summed E-state index contributed by atoms with van der Waals surface area (Å²) in [5.74, 6) is 0.320. The van der Waals surface area contributed by atoms with Crippen LogP contribution in [-0.4, -0.2) is 45.8 Å². The standard InChI is InChI=1S/C14H17N5O2/c1-8-14(21)18-13(20)7-19(8)5-4-12-16-10-3-2-9(15)6-11(10)17-12/h2-3,6,8H,4-5,7,15H2,1H3,(H,16,17)(H,18,20,21). The Balaban J connectivity index is 1.71. The number of nitrogen functional groups attached to an aromatic ring is 1. The first kappa shape index (κ1) is 13.6. The molecule has 1 fully saturated rings. The topological polar surface area (TPSA) is 104 Å². The van der Waals surface area contributed by atoms with Crippen molar-refractivity contribution >= 4 is 28.5 Å². The summed E-state index contributed by atoms with van der Waals surface area (Å²) in [6.07, 6.45) is 0.638. The van der Waals surface area contributed by atoms with Gasteiger partial charge in [-0.25, -0.2) is 4.98 Å². The molecule has 1 aromatic heterocycles. The fraction of sp³-hybridized carbons (Fsp3) is 0.357. The average molecular weight is 287 g/mol. The molecule has 1 aliphatic rings. The van der Waals surface area contributed by atoms with Crippen LogP contribution in [0.4, 0.5) is 5.69 Å². The first-order valence-corrected chi connectivity index (χ1v) is 6.85. The smallest absolute Gasteiger partial charge is 0.243 e. The predicted octanol–water partition coefficient (Wildman–Crippen LogP) is 0.0345. The molecule has 0 spiro atoms. The van der Waals surface area contributed by atoms with Gasteiger partial charge in [-0.3, -0.25) is 19.8 Å². The van der Waals surface area contributed by atoms with Gasteiger partial charge in [0, 0.05) is 18.7 Å². The lowest BCUT2D eigenvalue weighted by molar-refractivity contribution is -0.139. The first-order chi connectivity index (χ1) is 10.0. The van der Waals surface area contributed by atoms with Crippen LogP contribution in [0.5, 0.6) is 0 Å². The van der Waals surface area contributed by atoms with Crippen molar-refractivity contribution in [2.75, 3.05) is 18.8 Å². The Bertz CT molecular complexity index is 708. The second kappa shape index (κ2) is 5.17. The second-order valence-electron chi connectivity index (χ2n) is 5.27. The Hall–Kier alpha value is -2.41. The molecule has 1 saturated heterocycles. The van der Waals surface area contributed by atoms with Crippen LogP contribution in [0.2, 0.25) is 0 Å². The summed E-state index contributed by atoms with van der Waals surface area (Å²) in [5.41, 5.74) is 8.17. The summed E-state index contributed by atoms with van der Waals surface area (Å²) in [5, 5.41) is 2.33. The molecule has 2 heterocycles. The first-order valence-electron chi connectivity index (χ1n) is 6.85. The predicted molar refractivity (Wildman–Crippen MR) is 78.4 cm³/mol. The number of amides is 2. The molecule has 0 saturated carbocycles. The lowest BCUT2D eigenvalue weighted by Crippen LogP contribution is -2.57. The molecule has 1 unspecified atom stereocenters. The highest BCUT2D eigenvalue weighted by Gasteiger charge is 2.29. The van der Waals surface area contributed by atoms with Crippen LogP contribution in [0.15, 0.2) is 18.2 Å². The number of rotatable bonds is 3. The maximum absolute atomic E-state index is 11.6. The monoisotopic (exact) mass is 287 g/mol. The summed E-state index contributed by atoms with van der Waals surface area (Å²) in [6.45, 7) is 2.62. The second-order valence-corrected chi connectivity index (χ2v) is 5.27. The summed E-state index contributed by atoms with van der Waals surface area (Å²) >= 11 is 0. The highest BCUT2D eigenvalue weighted by Crippen LogP contribution is 2.15. The van der Waals surface area contributed by atoms with Gasteiger partial charge in [-0.15, -0.1) is 0 Å². The van der Waals surface area contributed by atoms with E-state index in [0.29, 0.717) is 18.7 Å². The van der Waals surface area contributed by atoms with Crippen LogP contribution < -0.4 is 11.1 Å². The molecule has 3 rings (SSSR count). The van der Waals surface area contributed by atoms with Gasteiger partial charge in [0.1, 0.15) is 5.82 Å². The molecule has 4 N–H and O–H groups in total. The Morgan fingerprint density at radius 1 is 1.43 bits per heavy atom. The van der Waals surface area contributed by atoms with Crippen LogP contribution in [0.3, 0.4) is 0 Å². The van der Waals surface area contributed by atoms with Gasteiger partial charge in [0.15, 0.2) is 0 Å². The number of aromatic amines is 1. The summed E-state index contributed by atoms with van der Waals surface area (Å²) < 4.78 is 0. The third kappa shape index (κ3) is 2.73. The number of anilines is 1. The van der Waals surface area contributed by atoms with E-state index in [1.165, 1.54) is 0 Å². The number of fused-ring (bicyclic) bond motifs is 1. The highest BCUT2D eigenvalue weighted by molar-refractivity contribution is 6.00. The van der Waals surface area contributed by atoms with E-state index in [1.54, 1.807) is 6.92 Å². The highest BCUT2D eigenvalue weighted by atomic mass is 16.2. The van der Waals surface area contributed by atoms with E-state index in [-0.39, 0.29) is 24.4 Å². The van der Waals surface area contributed by atoms with Crippen molar-refractivity contribution in [2.24, 2.45) is 0 Å². The molecular weight excluding hydrogens is 270 g/mol. The number of carbonyl (C=O) groups excluding carboxylic acids is 2. The third-order valence-corrected chi connectivity index (χ3v) is 3.73. The summed E-state index contributed by atoms with van der Waals surface area (Å²) in [4.78, 5) is 32.5. The number of aromatic nitrogens is 2. The number of nitrogens with two attached hydrogens (primary N) is 1. The van der Waals surface area contributed by atoms with Crippen molar-refractivity contribution in [3.63, 3.8) is 0 Å². The Morgan fingerprint density at radius 3 is 3.05 bits per heavy atom. The fourth-order valence-corrected chi connectivity index (χ4v) is 2.49. The van der Waals surface area contributed by atoms with E-state index in [0.717, 1.165) is 16.9 Å². The van der Waals surface area contributed by atoms with Crippen molar-refractivity contribution in [2.45, 2.75) is 19.4 Å². The number of benzene rings is 1. The van der Waals surface area contributed by atoms with Gasteiger partial charge in [0.2, 0.25) is 11.8 Å². The van der Waals surface area contributed by atoms with Crippen LogP contribution in [-0.2, 0) is 16.0 Å². The van der Waals surface area contributed by atoms with Gasteiger partial charge < -0.3 is 10.7 Å². The molecule has 0 aliphatic carbocycles. The molecule has 1 aromatic carbocycles. The maximum Gasteiger partial charge on any atom is 0.243 e. The molecule has 110 valence electrons. The van der Waals surface area contributed by atoms with Crippen LogP contribution in [0.1, 0.15) is 12.7 Å². The lowest BCUT2D eigenvalue weighted by Gasteiger charge is -2.31. The van der Waals surface area contributed by atoms with E-state index in [4.69, 9.17) is 5.73 Å². The molecule has 0 bridgehead atoms. The van der Waals surface area contributed by atoms with E-state index in [9.17, 15) is 9.59 Å². The average Bonchev–Trinajstić information content (AvgIpc) is 2.83. The molecule has 2 aromatic rings. The van der Waals surface area contributed by atoms with Gasteiger partial charge in [-0.05, 0) is 25.1 Å². The zero-order chi connectivity index (χ0) is 15.0. The van der Waals surface area contributed by atoms with E-state index >= 15 is 0 Å². The molecule has 7 heteroatoms. The number of carbonyl (C=O) groups is 2. The number of hydrogen-bond donors (Lipinski definition) is 3. The van der Waals surface area contributed by atoms with Gasteiger partial charge in [-0.1, -0.05) is 0 Å². The Kier molecular flexibility index (Phi) is 3.34. The van der Waals surface area contributed by atoms with E-state index in [1.807, 2.05) is 23.1 Å². The number of piperazine rings is 1. The molecule has 7 nitrogen and oxygen atoms in total. The van der Waals surface area contributed by atoms with Gasteiger partial charge in [0.25, 0.3) is 0 Å². The number of hydrogen-bond acceptors (Lipinski definition) is 5. The van der Waals surface area contributed by atoms with Gasteiger partial charge in [-0.2, -0.15) is 0 Å². The number of imide groups is 1. The molecule has 1 atom stereocenters. The molecule has 1 aliphatic heterocycles. The van der Waals surface area contributed by atoms with Gasteiger partial charge >= 0.3 is 0 Å². The van der Waals surface area contributed by atoms with Crippen molar-refractivity contribution in [1.29, 1.82) is 0 Å². The van der Waals surface area contributed by atoms with Crippen molar-refractivity contribution < 1.29 is 9.59 Å². The lowest BCUT2D eigenvalue weighted by atomic mass is 10.2. The van der Waals surface area contributed by atoms with Crippen LogP contribution in [0.25, 0.3) is 11.0 Å². The van der Waals surface area contributed by atoms with E-state index in [2.05, 4.69) is 15.3 Å². The molecule has 21 heavy (non-hydrogen) atoms. The number of H-pyrrole nitrogens is 1. The fourth-order valence-electron chi connectivity index (χ4n) is 2.49. The zero-order valence-electron chi connectivity index (χ0n) is 11.7. The minimum atomic E-state index is -0.303. The maximum atomic E-state index is 11.6. The van der Waals surface area contributed by atoms with Crippen LogP contribution in [0, 0.1) is 0 Å². The van der Waals surface area contributed by atoms with Crippen molar-refractivity contribution in [1.82, 2.24) is 20.2 Å². The molecular formula is C14H17N5O2. The Labute approximate surface area is 121 Å². The Morgan fingerprint density at radius 2 is 2.24 bits per heavy atom. The number of nitrogens with one attached hydrogen (secondary N) is 2.